The van der Waals surface area contributed by atoms with E-state index in [1.165, 1.54) is 112 Å². The second kappa shape index (κ2) is 22.6. The van der Waals surface area contributed by atoms with Gasteiger partial charge in [-0.3, -0.25) is 0 Å². The molecular formula is C81H115N2+. The Labute approximate surface area is 509 Å². The zero-order valence-electron chi connectivity index (χ0n) is 58.4. The molecule has 1 aliphatic rings. The van der Waals surface area contributed by atoms with Crippen LogP contribution in [-0.4, -0.2) is 24.0 Å². The largest absolute Gasteiger partial charge is 0.244 e. The molecule has 2 nitrogen and oxygen atoms in total. The van der Waals surface area contributed by atoms with Gasteiger partial charge in [-0.25, -0.2) is 9.48 Å². The van der Waals surface area contributed by atoms with Crippen molar-refractivity contribution < 1.29 is 4.58 Å². The third-order valence-electron chi connectivity index (χ3n) is 18.7. The minimum absolute atomic E-state index is 0.000615. The minimum atomic E-state index is -0.000615. The van der Waals surface area contributed by atoms with Crippen molar-refractivity contribution in [1.29, 1.82) is 0 Å². The molecule has 1 aliphatic heterocycles. The summed E-state index contributed by atoms with van der Waals surface area (Å²) < 4.78 is 2.69. The Morgan fingerprint density at radius 3 is 0.723 bits per heavy atom. The van der Waals surface area contributed by atoms with E-state index in [1.54, 1.807) is 0 Å². The lowest BCUT2D eigenvalue weighted by Crippen LogP contribution is -2.24. The summed E-state index contributed by atoms with van der Waals surface area (Å²) in [5.74, 6) is 0.491. The molecule has 448 valence electrons. The van der Waals surface area contributed by atoms with Crippen LogP contribution in [0.15, 0.2) is 97.1 Å². The van der Waals surface area contributed by atoms with Crippen molar-refractivity contribution in [2.45, 2.75) is 275 Å². The third kappa shape index (κ3) is 14.6. The molecule has 7 rings (SSSR count). The van der Waals surface area contributed by atoms with Crippen LogP contribution in [0.2, 0.25) is 0 Å². The third-order valence-corrected chi connectivity index (χ3v) is 18.7. The smallest absolute Gasteiger partial charge is 0.229 e. The van der Waals surface area contributed by atoms with E-state index in [0.29, 0.717) is 0 Å². The van der Waals surface area contributed by atoms with Gasteiger partial charge in [-0.2, -0.15) is 0 Å². The first kappa shape index (κ1) is 65.3. The lowest BCUT2D eigenvalue weighted by molar-refractivity contribution is -0.425. The molecule has 0 aliphatic carbocycles. The zero-order chi connectivity index (χ0) is 62.4. The molecule has 0 spiro atoms. The van der Waals surface area contributed by atoms with Gasteiger partial charge in [0.05, 0.1) is 0 Å². The number of aryl methyl sites for hydroxylation is 2. The Morgan fingerprint density at radius 2 is 0.506 bits per heavy atom. The fourth-order valence-electron chi connectivity index (χ4n) is 12.3. The topological polar surface area (TPSA) is 6.25 Å². The van der Waals surface area contributed by atoms with Gasteiger partial charge in [0, 0.05) is 45.9 Å². The van der Waals surface area contributed by atoms with Crippen LogP contribution in [-0.2, 0) is 43.3 Å². The van der Waals surface area contributed by atoms with E-state index in [2.05, 4.69) is 321 Å². The highest BCUT2D eigenvalue weighted by atomic mass is 15.3. The summed E-state index contributed by atoms with van der Waals surface area (Å²) in [6.45, 7) is 73.3. The van der Waals surface area contributed by atoms with Crippen molar-refractivity contribution in [3.05, 3.63) is 197 Å². The Kier molecular flexibility index (Phi) is 17.8. The highest BCUT2D eigenvalue weighted by Crippen LogP contribution is 2.48. The van der Waals surface area contributed by atoms with Gasteiger partial charge in [0.2, 0.25) is 6.34 Å². The predicted octanol–water partition coefficient (Wildman–Crippen LogP) is 22.5. The average Bonchev–Trinajstić information content (AvgIpc) is 3.90. The molecule has 6 aromatic carbocycles. The van der Waals surface area contributed by atoms with Gasteiger partial charge >= 0.3 is 0 Å². The minimum Gasteiger partial charge on any atom is -0.229 e. The Balaban J connectivity index is 1.59. The van der Waals surface area contributed by atoms with Crippen LogP contribution in [0.1, 0.15) is 318 Å². The monoisotopic (exact) mass is 1120 g/mol. The molecule has 0 aromatic heterocycles. The van der Waals surface area contributed by atoms with Crippen LogP contribution in [0, 0.1) is 13.8 Å². The van der Waals surface area contributed by atoms with Crippen molar-refractivity contribution in [2.75, 3.05) is 18.0 Å². The highest BCUT2D eigenvalue weighted by Gasteiger charge is 2.37. The van der Waals surface area contributed by atoms with Crippen molar-refractivity contribution in [3.63, 3.8) is 0 Å². The quantitative estimate of drug-likeness (QED) is 0.124. The Morgan fingerprint density at radius 1 is 0.301 bits per heavy atom. The van der Waals surface area contributed by atoms with Gasteiger partial charge in [0.25, 0.3) is 0 Å². The normalized spacial score (nSPS) is 15.8. The number of hydrogen-bond donors (Lipinski definition) is 0. The van der Waals surface area contributed by atoms with E-state index in [4.69, 9.17) is 0 Å². The molecule has 0 bridgehead atoms. The summed E-state index contributed by atoms with van der Waals surface area (Å²) in [6, 6.07) is 40.3. The van der Waals surface area contributed by atoms with E-state index in [-0.39, 0.29) is 67.0 Å². The standard InChI is InChI=1S/C81H115N2/c1-50-33-68(52(3)56-37-60(74(7,8)9)45-61(38-56)75(10,11)12)72(69(34-50)53(4)57-39-62(76(13,14)15)46-63(40-57)77(16,17)18)82-31-32-83(49-82)73-70(54(5)58-41-64(78(19,20)21)47-65(42-58)79(22,23)24)35-51(2)36-71(73)55(6)59-43-66(80(25,26)27)48-67(44-59)81(28,29)30/h33-49,52-55H,31-32H2,1-30H3/q+1. The van der Waals surface area contributed by atoms with Gasteiger partial charge in [0.1, 0.15) is 24.5 Å². The summed E-state index contributed by atoms with van der Waals surface area (Å²) in [4.78, 5) is 2.69. The molecule has 6 aromatic rings. The molecule has 0 N–H and O–H groups in total. The summed E-state index contributed by atoms with van der Waals surface area (Å²) in [5.41, 5.74) is 27.6. The molecule has 2 heteroatoms. The van der Waals surface area contributed by atoms with Crippen molar-refractivity contribution >= 4 is 17.7 Å². The second-order valence-corrected chi connectivity index (χ2v) is 34.3. The zero-order valence-corrected chi connectivity index (χ0v) is 58.4. The van der Waals surface area contributed by atoms with Crippen LogP contribution in [0.3, 0.4) is 0 Å². The van der Waals surface area contributed by atoms with Gasteiger partial charge in [0.15, 0.2) is 0 Å². The Hall–Kier alpha value is -5.21. The van der Waals surface area contributed by atoms with Gasteiger partial charge in [-0.15, -0.1) is 0 Å². The van der Waals surface area contributed by atoms with Crippen LogP contribution < -0.4 is 4.90 Å². The maximum absolute atomic E-state index is 2.69. The van der Waals surface area contributed by atoms with E-state index < -0.39 is 0 Å². The maximum atomic E-state index is 2.69. The van der Waals surface area contributed by atoms with Gasteiger partial charge in [-0.1, -0.05) is 302 Å². The number of hydrogen-bond acceptors (Lipinski definition) is 1. The fourth-order valence-corrected chi connectivity index (χ4v) is 12.3. The van der Waals surface area contributed by atoms with Crippen LogP contribution >= 0.6 is 0 Å². The van der Waals surface area contributed by atoms with E-state index in [9.17, 15) is 0 Å². The first-order valence-corrected chi connectivity index (χ1v) is 32.0. The van der Waals surface area contributed by atoms with E-state index in [0.717, 1.165) is 13.1 Å². The number of rotatable bonds is 10. The number of benzene rings is 6. The van der Waals surface area contributed by atoms with Crippen LogP contribution in [0.4, 0.5) is 11.4 Å². The molecule has 1 heterocycles. The Bertz CT molecular complexity index is 3050. The predicted molar refractivity (Wildman–Crippen MR) is 366 cm³/mol. The van der Waals surface area contributed by atoms with Crippen LogP contribution in [0.25, 0.3) is 0 Å². The lowest BCUT2D eigenvalue weighted by Gasteiger charge is -2.30. The summed E-state index contributed by atoms with van der Waals surface area (Å²) in [6.07, 6.45) is 2.55. The first-order valence-electron chi connectivity index (χ1n) is 32.0. The lowest BCUT2D eigenvalue weighted by atomic mass is 9.76. The maximum Gasteiger partial charge on any atom is 0.244 e. The van der Waals surface area contributed by atoms with Crippen LogP contribution in [0.5, 0.6) is 0 Å². The molecule has 0 amide bonds. The molecule has 4 atom stereocenters. The summed E-state index contributed by atoms with van der Waals surface area (Å²) in [7, 11) is 0. The molecule has 0 fully saturated rings. The molecule has 0 saturated carbocycles. The number of nitrogens with zero attached hydrogens (tertiary/aromatic N) is 2. The first-order chi connectivity index (χ1) is 37.6. The molecule has 83 heavy (non-hydrogen) atoms. The SMILES string of the molecule is Cc1cc(C(C)c2cc(C(C)(C)C)cc(C(C)(C)C)c2)c(N2C=[N+](c3c(C(C)c4cc(C(C)(C)C)cc(C(C)(C)C)c4)cc(C)cc3C(C)c3cc(C(C)(C)C)cc(C(C)(C)C)c3)CC2)c(C(C)c2cc(C(C)(C)C)cc(C(C)(C)C)c2)c1. The average molecular weight is 1120 g/mol. The molecular weight excluding hydrogens is 1000 g/mol. The van der Waals surface area contributed by atoms with Crippen molar-refractivity contribution in [1.82, 2.24) is 0 Å². The number of anilines is 1. The summed E-state index contributed by atoms with van der Waals surface area (Å²) in [5, 5.41) is 0. The van der Waals surface area contributed by atoms with Crippen molar-refractivity contribution in [2.24, 2.45) is 0 Å². The molecule has 0 radical (unpaired) electrons. The fraction of sp³-hybridized carbons (Fsp3) is 0.543. The van der Waals surface area contributed by atoms with E-state index >= 15 is 0 Å². The summed E-state index contributed by atoms with van der Waals surface area (Å²) >= 11 is 0. The second-order valence-electron chi connectivity index (χ2n) is 34.3. The highest BCUT2D eigenvalue weighted by molar-refractivity contribution is 5.84. The van der Waals surface area contributed by atoms with E-state index in [1.807, 2.05) is 0 Å². The van der Waals surface area contributed by atoms with Gasteiger partial charge < -0.3 is 0 Å². The van der Waals surface area contributed by atoms with Crippen molar-refractivity contribution in [3.8, 4) is 0 Å². The van der Waals surface area contributed by atoms with Gasteiger partial charge in [-0.05, 0) is 124 Å². The molecule has 0 saturated heterocycles. The molecule has 4 unspecified atom stereocenters.